The number of likely N-dealkylation sites (tertiary alicyclic amines) is 1. The van der Waals surface area contributed by atoms with Crippen molar-refractivity contribution in [3.63, 3.8) is 0 Å². The topological polar surface area (TPSA) is 75.4 Å². The van der Waals surface area contributed by atoms with E-state index in [2.05, 4.69) is 10.3 Å². The fourth-order valence-electron chi connectivity index (χ4n) is 3.50. The summed E-state index contributed by atoms with van der Waals surface area (Å²) in [5.74, 6) is 0.403. The predicted octanol–water partition coefficient (Wildman–Crippen LogP) is 4.68. The molecule has 0 aliphatic carbocycles. The van der Waals surface area contributed by atoms with Crippen LogP contribution in [-0.4, -0.2) is 34.8 Å². The number of thiophene rings is 1. The third-order valence-corrected chi connectivity index (χ3v) is 5.97. The summed E-state index contributed by atoms with van der Waals surface area (Å²) in [7, 11) is 0. The zero-order valence-corrected chi connectivity index (χ0v) is 17.7. The fourth-order valence-corrected chi connectivity index (χ4v) is 4.19. The van der Waals surface area contributed by atoms with Crippen molar-refractivity contribution in [3.8, 4) is 0 Å². The van der Waals surface area contributed by atoms with Gasteiger partial charge in [0.1, 0.15) is 5.52 Å². The third kappa shape index (κ3) is 4.19. The lowest BCUT2D eigenvalue weighted by atomic mass is 9.97. The minimum absolute atomic E-state index is 0.0104. The standard InChI is InChI=1S/C22H25N3O3S/c1-22(2,3)21-24-16-12-15(8-9-17(16)28-21)23-19(26)14-6-4-10-25(13-14)20(27)18-7-5-11-29-18/h5,7-9,11-12,14H,4,6,10,13H2,1-3H3,(H,23,26)/t14-/m1/s1. The first-order chi connectivity index (χ1) is 13.8. The lowest BCUT2D eigenvalue weighted by molar-refractivity contribution is -0.121. The van der Waals surface area contributed by atoms with Crippen LogP contribution in [0.15, 0.2) is 40.1 Å². The molecule has 1 N–H and O–H groups in total. The van der Waals surface area contributed by atoms with E-state index in [9.17, 15) is 9.59 Å². The minimum atomic E-state index is -0.217. The lowest BCUT2D eigenvalue weighted by Gasteiger charge is -2.31. The number of aromatic nitrogens is 1. The quantitative estimate of drug-likeness (QED) is 0.679. The lowest BCUT2D eigenvalue weighted by Crippen LogP contribution is -2.43. The monoisotopic (exact) mass is 411 g/mol. The zero-order chi connectivity index (χ0) is 20.6. The summed E-state index contributed by atoms with van der Waals surface area (Å²) in [5.41, 5.74) is 1.95. The van der Waals surface area contributed by atoms with Crippen LogP contribution in [0.5, 0.6) is 0 Å². The summed E-state index contributed by atoms with van der Waals surface area (Å²) in [6.45, 7) is 7.29. The van der Waals surface area contributed by atoms with Crippen LogP contribution in [0.25, 0.3) is 11.1 Å². The average molecular weight is 412 g/mol. The molecule has 1 aromatic carbocycles. The molecule has 0 spiro atoms. The van der Waals surface area contributed by atoms with Crippen molar-refractivity contribution in [1.29, 1.82) is 0 Å². The number of rotatable bonds is 3. The molecule has 2 aromatic heterocycles. The van der Waals surface area contributed by atoms with Gasteiger partial charge in [-0.2, -0.15) is 0 Å². The predicted molar refractivity (Wildman–Crippen MR) is 114 cm³/mol. The van der Waals surface area contributed by atoms with Crippen molar-refractivity contribution in [2.75, 3.05) is 18.4 Å². The second-order valence-electron chi connectivity index (χ2n) is 8.51. The number of nitrogens with one attached hydrogen (secondary N) is 1. The Morgan fingerprint density at radius 2 is 2.10 bits per heavy atom. The number of nitrogens with zero attached hydrogens (tertiary/aromatic N) is 2. The van der Waals surface area contributed by atoms with Crippen LogP contribution in [-0.2, 0) is 10.2 Å². The van der Waals surface area contributed by atoms with Gasteiger partial charge in [0.05, 0.1) is 10.8 Å². The maximum atomic E-state index is 12.8. The number of benzene rings is 1. The van der Waals surface area contributed by atoms with Crippen molar-refractivity contribution in [2.45, 2.75) is 39.0 Å². The highest BCUT2D eigenvalue weighted by Gasteiger charge is 2.29. The third-order valence-electron chi connectivity index (χ3n) is 5.11. The molecule has 6 nitrogen and oxygen atoms in total. The highest BCUT2D eigenvalue weighted by atomic mass is 32.1. The Bertz CT molecular complexity index is 1030. The van der Waals surface area contributed by atoms with Crippen molar-refractivity contribution in [1.82, 2.24) is 9.88 Å². The first-order valence-corrected chi connectivity index (χ1v) is 10.7. The van der Waals surface area contributed by atoms with Crippen LogP contribution < -0.4 is 5.32 Å². The fraction of sp³-hybridized carbons (Fsp3) is 0.409. The van der Waals surface area contributed by atoms with Gasteiger partial charge in [-0.05, 0) is 42.5 Å². The Kier molecular flexibility index (Phi) is 5.17. The van der Waals surface area contributed by atoms with Gasteiger partial charge in [0.15, 0.2) is 5.58 Å². The van der Waals surface area contributed by atoms with Crippen molar-refractivity contribution in [3.05, 3.63) is 46.5 Å². The number of amides is 2. The van der Waals surface area contributed by atoms with Crippen molar-refractivity contribution in [2.24, 2.45) is 5.92 Å². The van der Waals surface area contributed by atoms with E-state index in [4.69, 9.17) is 4.42 Å². The molecule has 2 amide bonds. The summed E-state index contributed by atoms with van der Waals surface area (Å²) in [6, 6.07) is 9.20. The van der Waals surface area contributed by atoms with Crippen molar-refractivity contribution >= 4 is 39.9 Å². The van der Waals surface area contributed by atoms with Gasteiger partial charge in [-0.15, -0.1) is 11.3 Å². The van der Waals surface area contributed by atoms with Gasteiger partial charge in [-0.3, -0.25) is 9.59 Å². The van der Waals surface area contributed by atoms with E-state index in [-0.39, 0.29) is 23.1 Å². The molecular weight excluding hydrogens is 386 g/mol. The number of carbonyl (C=O) groups excluding carboxylic acids is 2. The summed E-state index contributed by atoms with van der Waals surface area (Å²) in [5, 5.41) is 4.89. The largest absolute Gasteiger partial charge is 0.440 e. The van der Waals surface area contributed by atoms with E-state index < -0.39 is 0 Å². The molecule has 0 radical (unpaired) electrons. The minimum Gasteiger partial charge on any atom is -0.440 e. The molecule has 1 aliphatic rings. The Morgan fingerprint density at radius 1 is 1.28 bits per heavy atom. The molecule has 0 saturated carbocycles. The van der Waals surface area contributed by atoms with Gasteiger partial charge in [-0.25, -0.2) is 4.98 Å². The molecule has 7 heteroatoms. The highest BCUT2D eigenvalue weighted by molar-refractivity contribution is 7.12. The maximum absolute atomic E-state index is 12.8. The summed E-state index contributed by atoms with van der Waals surface area (Å²) < 4.78 is 5.82. The van der Waals surface area contributed by atoms with Gasteiger partial charge in [-0.1, -0.05) is 26.8 Å². The number of anilines is 1. The molecule has 3 aromatic rings. The Hall–Kier alpha value is -2.67. The van der Waals surface area contributed by atoms with Crippen LogP contribution in [0.3, 0.4) is 0 Å². The molecule has 0 bridgehead atoms. The summed E-state index contributed by atoms with van der Waals surface area (Å²) >= 11 is 1.43. The SMILES string of the molecule is CC(C)(C)c1nc2cc(NC(=O)[C@@H]3CCCN(C(=O)c4cccs4)C3)ccc2o1. The molecule has 152 valence electrons. The van der Waals surface area contributed by atoms with E-state index in [1.807, 2.05) is 56.5 Å². The Balaban J connectivity index is 1.45. The number of oxazole rings is 1. The Labute approximate surface area is 173 Å². The van der Waals surface area contributed by atoms with Gasteiger partial charge in [0.25, 0.3) is 5.91 Å². The summed E-state index contributed by atoms with van der Waals surface area (Å²) in [6.07, 6.45) is 1.60. The first-order valence-electron chi connectivity index (χ1n) is 9.86. The smallest absolute Gasteiger partial charge is 0.263 e. The second-order valence-corrected chi connectivity index (χ2v) is 9.46. The molecule has 3 heterocycles. The molecule has 1 saturated heterocycles. The van der Waals surface area contributed by atoms with E-state index in [0.717, 1.165) is 23.2 Å². The molecule has 1 aliphatic heterocycles. The van der Waals surface area contributed by atoms with Crippen molar-refractivity contribution < 1.29 is 14.0 Å². The first kappa shape index (κ1) is 19.6. The van der Waals surface area contributed by atoms with E-state index in [0.29, 0.717) is 30.3 Å². The van der Waals surface area contributed by atoms with Crippen LogP contribution in [0.1, 0.15) is 49.2 Å². The molecule has 29 heavy (non-hydrogen) atoms. The number of carbonyl (C=O) groups is 2. The Morgan fingerprint density at radius 3 is 2.83 bits per heavy atom. The number of hydrogen-bond acceptors (Lipinski definition) is 5. The number of piperidine rings is 1. The highest BCUT2D eigenvalue weighted by Crippen LogP contribution is 2.28. The normalized spacial score (nSPS) is 17.5. The van der Waals surface area contributed by atoms with Gasteiger partial charge >= 0.3 is 0 Å². The maximum Gasteiger partial charge on any atom is 0.263 e. The van der Waals surface area contributed by atoms with Crippen LogP contribution in [0.4, 0.5) is 5.69 Å². The van der Waals surface area contributed by atoms with E-state index >= 15 is 0 Å². The van der Waals surface area contributed by atoms with E-state index in [1.165, 1.54) is 11.3 Å². The molecule has 4 rings (SSSR count). The number of fused-ring (bicyclic) bond motifs is 1. The number of hydrogen-bond donors (Lipinski definition) is 1. The zero-order valence-electron chi connectivity index (χ0n) is 16.9. The van der Waals surface area contributed by atoms with Crippen LogP contribution in [0.2, 0.25) is 0 Å². The molecular formula is C22H25N3O3S. The van der Waals surface area contributed by atoms with Gasteiger partial charge in [0, 0.05) is 24.2 Å². The molecule has 1 atom stereocenters. The summed E-state index contributed by atoms with van der Waals surface area (Å²) in [4.78, 5) is 32.5. The molecule has 0 unspecified atom stereocenters. The average Bonchev–Trinajstić information content (AvgIpc) is 3.36. The van der Waals surface area contributed by atoms with E-state index in [1.54, 1.807) is 4.90 Å². The van der Waals surface area contributed by atoms with Gasteiger partial charge < -0.3 is 14.6 Å². The second kappa shape index (κ2) is 7.63. The van der Waals surface area contributed by atoms with Crippen LogP contribution >= 0.6 is 11.3 Å². The van der Waals surface area contributed by atoms with Crippen LogP contribution in [0, 0.1) is 5.92 Å². The molecule has 1 fully saturated rings. The van der Waals surface area contributed by atoms with Gasteiger partial charge in [0.2, 0.25) is 11.8 Å².